The molecule has 1 fully saturated rings. The molecule has 0 saturated heterocycles. The van der Waals surface area contributed by atoms with E-state index in [9.17, 15) is 0 Å². The molecule has 1 aromatic rings. The average Bonchev–Trinajstić information content (AvgIpc) is 2.90. The topological polar surface area (TPSA) is 12.0 Å². The molecular formula is C14H23NS. The van der Waals surface area contributed by atoms with Crippen molar-refractivity contribution in [2.45, 2.75) is 52.0 Å². The summed E-state index contributed by atoms with van der Waals surface area (Å²) in [6.07, 6.45) is 8.73. The molecule has 16 heavy (non-hydrogen) atoms. The maximum atomic E-state index is 3.56. The first-order chi connectivity index (χ1) is 7.86. The first-order valence-electron chi connectivity index (χ1n) is 6.60. The first kappa shape index (κ1) is 12.1. The summed E-state index contributed by atoms with van der Waals surface area (Å²) in [5, 5.41) is 5.75. The second kappa shape index (κ2) is 6.41. The molecule has 1 N–H and O–H groups in total. The van der Waals surface area contributed by atoms with Crippen molar-refractivity contribution in [2.75, 3.05) is 6.54 Å². The fraction of sp³-hybridized carbons (Fsp3) is 0.714. The van der Waals surface area contributed by atoms with Crippen LogP contribution in [0.1, 0.15) is 49.0 Å². The summed E-state index contributed by atoms with van der Waals surface area (Å²) in [7, 11) is 0. The minimum Gasteiger partial charge on any atom is -0.312 e. The molecule has 1 heterocycles. The summed E-state index contributed by atoms with van der Waals surface area (Å²) in [6, 6.07) is 2.21. The SMILES string of the molecule is Cc1ccsc1CNCCCC1CCCC1. The van der Waals surface area contributed by atoms with Crippen molar-refractivity contribution in [3.63, 3.8) is 0 Å². The van der Waals surface area contributed by atoms with Crippen LogP contribution in [0.2, 0.25) is 0 Å². The minimum atomic E-state index is 1.05. The number of hydrogen-bond donors (Lipinski definition) is 1. The zero-order chi connectivity index (χ0) is 11.2. The highest BCUT2D eigenvalue weighted by Gasteiger charge is 2.13. The third-order valence-electron chi connectivity index (χ3n) is 3.69. The Morgan fingerprint density at radius 3 is 2.88 bits per heavy atom. The van der Waals surface area contributed by atoms with E-state index in [0.717, 1.165) is 12.5 Å². The lowest BCUT2D eigenvalue weighted by Crippen LogP contribution is -2.15. The van der Waals surface area contributed by atoms with Gasteiger partial charge in [-0.05, 0) is 49.2 Å². The van der Waals surface area contributed by atoms with Crippen LogP contribution in [0.3, 0.4) is 0 Å². The Hall–Kier alpha value is -0.340. The summed E-state index contributed by atoms with van der Waals surface area (Å²) in [5.41, 5.74) is 1.44. The molecule has 2 heteroatoms. The fourth-order valence-electron chi connectivity index (χ4n) is 2.60. The first-order valence-corrected chi connectivity index (χ1v) is 7.48. The third kappa shape index (κ3) is 3.60. The molecule has 1 saturated carbocycles. The summed E-state index contributed by atoms with van der Waals surface area (Å²) >= 11 is 1.87. The number of thiophene rings is 1. The molecule has 0 bridgehead atoms. The van der Waals surface area contributed by atoms with Crippen molar-refractivity contribution in [2.24, 2.45) is 5.92 Å². The van der Waals surface area contributed by atoms with E-state index in [0.29, 0.717) is 0 Å². The molecule has 0 atom stereocenters. The number of rotatable bonds is 6. The van der Waals surface area contributed by atoms with E-state index in [-0.39, 0.29) is 0 Å². The van der Waals surface area contributed by atoms with Crippen LogP contribution in [0.4, 0.5) is 0 Å². The van der Waals surface area contributed by atoms with Crippen LogP contribution >= 0.6 is 11.3 Å². The lowest BCUT2D eigenvalue weighted by Gasteiger charge is -2.09. The van der Waals surface area contributed by atoms with E-state index >= 15 is 0 Å². The summed E-state index contributed by atoms with van der Waals surface area (Å²) in [5.74, 6) is 1.05. The predicted molar refractivity (Wildman–Crippen MR) is 72.0 cm³/mol. The summed E-state index contributed by atoms with van der Waals surface area (Å²) in [4.78, 5) is 1.50. The van der Waals surface area contributed by atoms with E-state index in [4.69, 9.17) is 0 Å². The highest BCUT2D eigenvalue weighted by Crippen LogP contribution is 2.28. The van der Waals surface area contributed by atoms with Crippen molar-refractivity contribution in [3.05, 3.63) is 21.9 Å². The number of aryl methyl sites for hydroxylation is 1. The fourth-order valence-corrected chi connectivity index (χ4v) is 3.48. The maximum absolute atomic E-state index is 3.56. The number of nitrogens with one attached hydrogen (secondary N) is 1. The second-order valence-corrected chi connectivity index (χ2v) is 6.00. The minimum absolute atomic E-state index is 1.05. The molecule has 1 aliphatic rings. The maximum Gasteiger partial charge on any atom is 0.0302 e. The largest absolute Gasteiger partial charge is 0.312 e. The van der Waals surface area contributed by atoms with Gasteiger partial charge in [-0.15, -0.1) is 11.3 Å². The van der Waals surface area contributed by atoms with E-state index in [1.807, 2.05) is 11.3 Å². The normalized spacial score (nSPS) is 17.1. The lowest BCUT2D eigenvalue weighted by molar-refractivity contribution is 0.470. The Morgan fingerprint density at radius 2 is 2.19 bits per heavy atom. The molecule has 0 aliphatic heterocycles. The van der Waals surface area contributed by atoms with Gasteiger partial charge in [0.15, 0.2) is 0 Å². The van der Waals surface area contributed by atoms with Gasteiger partial charge in [-0.3, -0.25) is 0 Å². The summed E-state index contributed by atoms with van der Waals surface area (Å²) in [6.45, 7) is 4.45. The van der Waals surface area contributed by atoms with Gasteiger partial charge in [0.1, 0.15) is 0 Å². The van der Waals surface area contributed by atoms with Crippen molar-refractivity contribution in [3.8, 4) is 0 Å². The van der Waals surface area contributed by atoms with Crippen LogP contribution in [0.15, 0.2) is 11.4 Å². The molecule has 1 nitrogen and oxygen atoms in total. The van der Waals surface area contributed by atoms with Gasteiger partial charge >= 0.3 is 0 Å². The van der Waals surface area contributed by atoms with Gasteiger partial charge in [-0.25, -0.2) is 0 Å². The Bertz CT molecular complexity index is 299. The van der Waals surface area contributed by atoms with Crippen LogP contribution in [-0.4, -0.2) is 6.54 Å². The third-order valence-corrected chi connectivity index (χ3v) is 4.72. The molecule has 1 aromatic heterocycles. The molecule has 0 amide bonds. The van der Waals surface area contributed by atoms with Crippen LogP contribution in [-0.2, 0) is 6.54 Å². The Kier molecular flexibility index (Phi) is 4.86. The molecule has 0 spiro atoms. The van der Waals surface area contributed by atoms with E-state index in [1.54, 1.807) is 0 Å². The Morgan fingerprint density at radius 1 is 1.38 bits per heavy atom. The molecule has 2 rings (SSSR count). The van der Waals surface area contributed by atoms with E-state index < -0.39 is 0 Å². The zero-order valence-corrected chi connectivity index (χ0v) is 11.1. The second-order valence-electron chi connectivity index (χ2n) is 5.00. The molecule has 0 unspecified atom stereocenters. The van der Waals surface area contributed by atoms with Gasteiger partial charge in [-0.2, -0.15) is 0 Å². The quantitative estimate of drug-likeness (QED) is 0.734. The van der Waals surface area contributed by atoms with Crippen molar-refractivity contribution < 1.29 is 0 Å². The van der Waals surface area contributed by atoms with Gasteiger partial charge in [0.25, 0.3) is 0 Å². The molecule has 0 radical (unpaired) electrons. The van der Waals surface area contributed by atoms with Gasteiger partial charge in [0, 0.05) is 11.4 Å². The highest BCUT2D eigenvalue weighted by molar-refractivity contribution is 7.10. The molecule has 1 aliphatic carbocycles. The van der Waals surface area contributed by atoms with Crippen LogP contribution < -0.4 is 5.32 Å². The molecule has 90 valence electrons. The molecule has 0 aromatic carbocycles. The van der Waals surface area contributed by atoms with Crippen molar-refractivity contribution >= 4 is 11.3 Å². The lowest BCUT2D eigenvalue weighted by atomic mass is 10.0. The summed E-state index contributed by atoms with van der Waals surface area (Å²) < 4.78 is 0. The van der Waals surface area contributed by atoms with Crippen LogP contribution in [0.5, 0.6) is 0 Å². The van der Waals surface area contributed by atoms with Crippen LogP contribution in [0.25, 0.3) is 0 Å². The van der Waals surface area contributed by atoms with Gasteiger partial charge < -0.3 is 5.32 Å². The van der Waals surface area contributed by atoms with Crippen molar-refractivity contribution in [1.29, 1.82) is 0 Å². The average molecular weight is 237 g/mol. The smallest absolute Gasteiger partial charge is 0.0302 e. The molecular weight excluding hydrogens is 214 g/mol. The van der Waals surface area contributed by atoms with E-state index in [1.165, 1.54) is 55.5 Å². The monoisotopic (exact) mass is 237 g/mol. The Labute approximate surface area is 103 Å². The Balaban J connectivity index is 1.53. The van der Waals surface area contributed by atoms with Gasteiger partial charge in [0.2, 0.25) is 0 Å². The highest BCUT2D eigenvalue weighted by atomic mass is 32.1. The van der Waals surface area contributed by atoms with Crippen LogP contribution in [0, 0.1) is 12.8 Å². The standard InChI is InChI=1S/C14H23NS/c1-12-8-10-16-14(12)11-15-9-4-7-13-5-2-3-6-13/h8,10,13,15H,2-7,9,11H2,1H3. The predicted octanol–water partition coefficient (Wildman–Crippen LogP) is 4.12. The van der Waals surface area contributed by atoms with Gasteiger partial charge in [-0.1, -0.05) is 25.7 Å². The number of hydrogen-bond acceptors (Lipinski definition) is 2. The van der Waals surface area contributed by atoms with E-state index in [2.05, 4.69) is 23.7 Å². The van der Waals surface area contributed by atoms with Crippen molar-refractivity contribution in [1.82, 2.24) is 5.32 Å². The zero-order valence-electron chi connectivity index (χ0n) is 10.3. The van der Waals surface area contributed by atoms with Gasteiger partial charge in [0.05, 0.1) is 0 Å².